The van der Waals surface area contributed by atoms with Crippen LogP contribution in [0.1, 0.15) is 33.8 Å². The molecule has 0 spiro atoms. The Balaban J connectivity index is 2.22. The van der Waals surface area contributed by atoms with Crippen molar-refractivity contribution in [1.82, 2.24) is 0 Å². The third-order valence-corrected chi connectivity index (χ3v) is 3.92. The number of aliphatic carboxylic acids is 1. The number of carbonyl (C=O) groups is 2. The van der Waals surface area contributed by atoms with E-state index in [2.05, 4.69) is 0 Å². The van der Waals surface area contributed by atoms with E-state index in [9.17, 15) is 14.7 Å². The molecule has 1 atom stereocenters. The zero-order chi connectivity index (χ0) is 17.7. The maximum Gasteiger partial charge on any atom is 0.311 e. The molecule has 1 unspecified atom stereocenters. The van der Waals surface area contributed by atoms with E-state index >= 15 is 0 Å². The molecule has 2 aromatic rings. The van der Waals surface area contributed by atoms with Crippen molar-refractivity contribution in [3.63, 3.8) is 0 Å². The summed E-state index contributed by atoms with van der Waals surface area (Å²) in [5, 5.41) is 9.48. The van der Waals surface area contributed by atoms with Crippen LogP contribution in [-0.4, -0.2) is 31.1 Å². The highest BCUT2D eigenvalue weighted by Gasteiger charge is 2.24. The monoisotopic (exact) mass is 328 g/mol. The van der Waals surface area contributed by atoms with E-state index in [1.54, 1.807) is 56.7 Å². The van der Waals surface area contributed by atoms with Crippen molar-refractivity contribution in [2.75, 3.05) is 14.2 Å². The van der Waals surface area contributed by atoms with Gasteiger partial charge in [0.15, 0.2) is 5.78 Å². The topological polar surface area (TPSA) is 72.8 Å². The van der Waals surface area contributed by atoms with Gasteiger partial charge < -0.3 is 14.6 Å². The van der Waals surface area contributed by atoms with E-state index in [1.165, 1.54) is 0 Å². The lowest BCUT2D eigenvalue weighted by molar-refractivity contribution is -0.138. The number of aryl methyl sites for hydroxylation is 1. The molecule has 0 aliphatic carbocycles. The zero-order valence-electron chi connectivity index (χ0n) is 13.9. The van der Waals surface area contributed by atoms with Gasteiger partial charge in [0.05, 0.1) is 20.1 Å². The van der Waals surface area contributed by atoms with E-state index in [1.807, 2.05) is 6.92 Å². The largest absolute Gasteiger partial charge is 0.497 e. The van der Waals surface area contributed by atoms with Gasteiger partial charge in [-0.15, -0.1) is 0 Å². The molecule has 1 N–H and O–H groups in total. The Morgan fingerprint density at radius 3 is 2.21 bits per heavy atom. The number of hydrogen-bond donors (Lipinski definition) is 1. The van der Waals surface area contributed by atoms with Gasteiger partial charge in [0.2, 0.25) is 0 Å². The molecular weight excluding hydrogens is 308 g/mol. The van der Waals surface area contributed by atoms with Gasteiger partial charge in [-0.2, -0.15) is 0 Å². The van der Waals surface area contributed by atoms with E-state index in [-0.39, 0.29) is 12.2 Å². The SMILES string of the molecule is COc1ccc(C(CC(=O)c2ccc(OC)c(C)c2)C(=O)O)cc1. The van der Waals surface area contributed by atoms with Gasteiger partial charge >= 0.3 is 5.97 Å². The van der Waals surface area contributed by atoms with Crippen molar-refractivity contribution in [3.8, 4) is 11.5 Å². The smallest absolute Gasteiger partial charge is 0.311 e. The maximum absolute atomic E-state index is 12.5. The standard InChI is InChI=1S/C19H20O5/c1-12-10-14(6-9-18(12)24-3)17(20)11-16(19(21)22)13-4-7-15(23-2)8-5-13/h4-10,16H,11H2,1-3H3,(H,21,22). The number of hydrogen-bond acceptors (Lipinski definition) is 4. The summed E-state index contributed by atoms with van der Waals surface area (Å²) in [4.78, 5) is 24.1. The molecule has 0 saturated carbocycles. The molecule has 2 aromatic carbocycles. The van der Waals surface area contributed by atoms with Crippen LogP contribution in [0.3, 0.4) is 0 Å². The number of ether oxygens (including phenoxy) is 2. The Morgan fingerprint density at radius 1 is 1.04 bits per heavy atom. The molecule has 0 radical (unpaired) electrons. The minimum atomic E-state index is -1.03. The van der Waals surface area contributed by atoms with Gasteiger partial charge in [-0.25, -0.2) is 0 Å². The van der Waals surface area contributed by atoms with E-state index in [0.717, 1.165) is 5.56 Å². The summed E-state index contributed by atoms with van der Waals surface area (Å²) in [6.07, 6.45) is -0.104. The lowest BCUT2D eigenvalue weighted by Gasteiger charge is -2.13. The summed E-state index contributed by atoms with van der Waals surface area (Å²) >= 11 is 0. The van der Waals surface area contributed by atoms with Gasteiger partial charge in [-0.3, -0.25) is 9.59 Å². The molecule has 0 fully saturated rings. The highest BCUT2D eigenvalue weighted by molar-refractivity contribution is 5.99. The number of rotatable bonds is 7. The first-order valence-electron chi connectivity index (χ1n) is 7.51. The minimum absolute atomic E-state index is 0.104. The van der Waals surface area contributed by atoms with Crippen molar-refractivity contribution in [2.45, 2.75) is 19.3 Å². The molecule has 0 aliphatic heterocycles. The van der Waals surface area contributed by atoms with Crippen molar-refractivity contribution in [2.24, 2.45) is 0 Å². The third kappa shape index (κ3) is 3.93. The second-order valence-corrected chi connectivity index (χ2v) is 5.48. The first kappa shape index (κ1) is 17.5. The number of carbonyl (C=O) groups excluding carboxylic acids is 1. The van der Waals surface area contributed by atoms with E-state index in [4.69, 9.17) is 9.47 Å². The van der Waals surface area contributed by atoms with Crippen LogP contribution in [0.2, 0.25) is 0 Å². The molecular formula is C19H20O5. The van der Waals surface area contributed by atoms with Crippen LogP contribution in [-0.2, 0) is 4.79 Å². The Morgan fingerprint density at radius 2 is 1.71 bits per heavy atom. The number of methoxy groups -OCH3 is 2. The number of carboxylic acid groups (broad SMARTS) is 1. The average Bonchev–Trinajstić information content (AvgIpc) is 2.59. The van der Waals surface area contributed by atoms with Crippen LogP contribution in [0, 0.1) is 6.92 Å². The average molecular weight is 328 g/mol. The van der Waals surface area contributed by atoms with E-state index in [0.29, 0.717) is 22.6 Å². The third-order valence-electron chi connectivity index (χ3n) is 3.92. The van der Waals surface area contributed by atoms with Crippen LogP contribution < -0.4 is 9.47 Å². The summed E-state index contributed by atoms with van der Waals surface area (Å²) in [6, 6.07) is 11.8. The van der Waals surface area contributed by atoms with Gasteiger partial charge in [-0.1, -0.05) is 12.1 Å². The van der Waals surface area contributed by atoms with Gasteiger partial charge in [0.1, 0.15) is 11.5 Å². The maximum atomic E-state index is 12.5. The van der Waals surface area contributed by atoms with Crippen LogP contribution in [0.4, 0.5) is 0 Å². The molecule has 0 saturated heterocycles. The Hall–Kier alpha value is -2.82. The van der Waals surface area contributed by atoms with E-state index < -0.39 is 11.9 Å². The summed E-state index contributed by atoms with van der Waals surface area (Å²) in [5.74, 6) is -0.815. The predicted octanol–water partition coefficient (Wildman–Crippen LogP) is 3.45. The Kier molecular flexibility index (Phi) is 5.58. The first-order valence-corrected chi connectivity index (χ1v) is 7.51. The van der Waals surface area contributed by atoms with Gasteiger partial charge in [0.25, 0.3) is 0 Å². The summed E-state index contributed by atoms with van der Waals surface area (Å²) in [7, 11) is 3.10. The molecule has 24 heavy (non-hydrogen) atoms. The lowest BCUT2D eigenvalue weighted by atomic mass is 9.91. The predicted molar refractivity (Wildman–Crippen MR) is 90.0 cm³/mol. The number of benzene rings is 2. The fourth-order valence-electron chi connectivity index (χ4n) is 2.54. The summed E-state index contributed by atoms with van der Waals surface area (Å²) in [5.41, 5.74) is 1.88. The second kappa shape index (κ2) is 7.64. The van der Waals surface area contributed by atoms with Crippen molar-refractivity contribution in [1.29, 1.82) is 0 Å². The second-order valence-electron chi connectivity index (χ2n) is 5.48. The fourth-order valence-corrected chi connectivity index (χ4v) is 2.54. The number of Topliss-reactive ketones (excluding diaryl/α,β-unsaturated/α-hetero) is 1. The first-order chi connectivity index (χ1) is 11.5. The van der Waals surface area contributed by atoms with Crippen molar-refractivity contribution < 1.29 is 24.2 Å². The zero-order valence-corrected chi connectivity index (χ0v) is 13.9. The molecule has 0 heterocycles. The van der Waals surface area contributed by atoms with Crippen LogP contribution >= 0.6 is 0 Å². The van der Waals surface area contributed by atoms with Crippen molar-refractivity contribution >= 4 is 11.8 Å². The molecule has 5 nitrogen and oxygen atoms in total. The minimum Gasteiger partial charge on any atom is -0.497 e. The molecule has 0 bridgehead atoms. The molecule has 2 rings (SSSR count). The van der Waals surface area contributed by atoms with Crippen LogP contribution in [0.15, 0.2) is 42.5 Å². The normalized spacial score (nSPS) is 11.6. The van der Waals surface area contributed by atoms with Crippen molar-refractivity contribution in [3.05, 3.63) is 59.2 Å². The fraction of sp³-hybridized carbons (Fsp3) is 0.263. The molecule has 126 valence electrons. The summed E-state index contributed by atoms with van der Waals surface area (Å²) < 4.78 is 10.2. The van der Waals surface area contributed by atoms with Gasteiger partial charge in [0, 0.05) is 12.0 Å². The molecule has 0 aliphatic rings. The van der Waals surface area contributed by atoms with Crippen LogP contribution in [0.5, 0.6) is 11.5 Å². The highest BCUT2D eigenvalue weighted by Crippen LogP contribution is 2.26. The molecule has 5 heteroatoms. The Bertz CT molecular complexity index is 734. The molecule has 0 amide bonds. The van der Waals surface area contributed by atoms with Gasteiger partial charge in [-0.05, 0) is 48.4 Å². The number of ketones is 1. The highest BCUT2D eigenvalue weighted by atomic mass is 16.5. The number of carboxylic acids is 1. The molecule has 0 aromatic heterocycles. The summed E-state index contributed by atoms with van der Waals surface area (Å²) in [6.45, 7) is 1.84. The quantitative estimate of drug-likeness (QED) is 0.788. The van der Waals surface area contributed by atoms with Crippen LogP contribution in [0.25, 0.3) is 0 Å². The lowest BCUT2D eigenvalue weighted by Crippen LogP contribution is -2.16. The Labute approximate surface area is 140 Å².